The zero-order chi connectivity index (χ0) is 27.1. The number of benzene rings is 2. The molecule has 4 heterocycles. The molecular weight excluding hydrogens is 514 g/mol. The molecule has 2 aliphatic heterocycles. The molecule has 0 spiro atoms. The van der Waals surface area contributed by atoms with Gasteiger partial charge in [0.2, 0.25) is 0 Å². The smallest absolute Gasteiger partial charge is 0.253 e. The van der Waals surface area contributed by atoms with E-state index < -0.39 is 6.04 Å². The summed E-state index contributed by atoms with van der Waals surface area (Å²) in [4.78, 5) is 21.6. The van der Waals surface area contributed by atoms with Gasteiger partial charge in [-0.15, -0.1) is 5.10 Å². The normalized spacial score (nSPS) is 19.2. The van der Waals surface area contributed by atoms with Gasteiger partial charge in [-0.25, -0.2) is 4.68 Å². The standard InChI is InChI=1S/C29H34ClN7O2/c1-18-6-8-21-15-24(29(38)31-26(21)20(18)3)27(28-32-33-34-37(28)17-23-5-4-14-39-23)36-12-10-35(11-13-36)25-16-22(30)9-7-19(25)2/h6-9,15-16,23,27H,4-5,10-14,17H2,1-3H3,(H,31,38)/t23-,27-/m1/s1. The van der Waals surface area contributed by atoms with Gasteiger partial charge in [0.1, 0.15) is 6.04 Å². The first kappa shape index (κ1) is 26.0. The fourth-order valence-electron chi connectivity index (χ4n) is 5.91. The van der Waals surface area contributed by atoms with Gasteiger partial charge < -0.3 is 14.6 Å². The maximum Gasteiger partial charge on any atom is 0.253 e. The number of nitrogens with one attached hydrogen (secondary N) is 1. The summed E-state index contributed by atoms with van der Waals surface area (Å²) in [6.45, 7) is 10.6. The van der Waals surface area contributed by atoms with Gasteiger partial charge in [-0.2, -0.15) is 0 Å². The van der Waals surface area contributed by atoms with Crippen LogP contribution in [0.4, 0.5) is 5.69 Å². The number of tetrazole rings is 1. The average Bonchev–Trinajstić information content (AvgIpc) is 3.62. The van der Waals surface area contributed by atoms with Gasteiger partial charge in [0.25, 0.3) is 5.56 Å². The second-order valence-electron chi connectivity index (χ2n) is 10.7. The van der Waals surface area contributed by atoms with E-state index >= 15 is 0 Å². The average molecular weight is 548 g/mol. The van der Waals surface area contributed by atoms with Gasteiger partial charge in [0, 0.05) is 49.1 Å². The van der Waals surface area contributed by atoms with Crippen LogP contribution >= 0.6 is 11.6 Å². The summed E-state index contributed by atoms with van der Waals surface area (Å²) in [5.74, 6) is 0.673. The zero-order valence-corrected chi connectivity index (χ0v) is 23.4. The number of hydrogen-bond donors (Lipinski definition) is 1. The third-order valence-electron chi connectivity index (χ3n) is 8.27. The van der Waals surface area contributed by atoms with Crippen LogP contribution in [0.25, 0.3) is 10.9 Å². The first-order chi connectivity index (χ1) is 18.9. The van der Waals surface area contributed by atoms with Crippen molar-refractivity contribution in [3.8, 4) is 0 Å². The van der Waals surface area contributed by atoms with Gasteiger partial charge in [-0.3, -0.25) is 9.69 Å². The van der Waals surface area contributed by atoms with Crippen LogP contribution in [0.15, 0.2) is 41.2 Å². The van der Waals surface area contributed by atoms with Crippen LogP contribution in [0.2, 0.25) is 5.02 Å². The molecule has 2 aliphatic rings. The van der Waals surface area contributed by atoms with Crippen molar-refractivity contribution >= 4 is 28.2 Å². The Balaban J connectivity index is 1.38. The van der Waals surface area contributed by atoms with E-state index in [4.69, 9.17) is 16.3 Å². The molecule has 2 aromatic carbocycles. The van der Waals surface area contributed by atoms with Crippen molar-refractivity contribution < 1.29 is 4.74 Å². The highest BCUT2D eigenvalue weighted by Crippen LogP contribution is 2.31. The summed E-state index contributed by atoms with van der Waals surface area (Å²) in [5, 5.41) is 14.6. The molecule has 2 aromatic heterocycles. The van der Waals surface area contributed by atoms with Crippen molar-refractivity contribution in [3.63, 3.8) is 0 Å². The Kier molecular flexibility index (Phi) is 7.14. The lowest BCUT2D eigenvalue weighted by Gasteiger charge is -2.40. The largest absolute Gasteiger partial charge is 0.376 e. The number of aromatic nitrogens is 5. The maximum atomic E-state index is 13.7. The Hall–Kier alpha value is -3.27. The molecule has 39 heavy (non-hydrogen) atoms. The van der Waals surface area contributed by atoms with Crippen LogP contribution in [0, 0.1) is 20.8 Å². The quantitative estimate of drug-likeness (QED) is 0.387. The lowest BCUT2D eigenvalue weighted by molar-refractivity contribution is 0.0906. The first-order valence-corrected chi connectivity index (χ1v) is 14.0. The van der Waals surface area contributed by atoms with Crippen molar-refractivity contribution in [1.82, 2.24) is 30.1 Å². The van der Waals surface area contributed by atoms with E-state index in [2.05, 4.69) is 62.4 Å². The van der Waals surface area contributed by atoms with E-state index in [1.807, 2.05) is 29.8 Å². The molecule has 4 aromatic rings. The predicted octanol–water partition coefficient (Wildman–Crippen LogP) is 4.18. The summed E-state index contributed by atoms with van der Waals surface area (Å²) >= 11 is 6.33. The molecule has 6 rings (SSSR count). The number of piperazine rings is 1. The SMILES string of the molecule is Cc1ccc(Cl)cc1N1CCN([C@H](c2cc3ccc(C)c(C)c3[nH]c2=O)c2nnnn2C[C@H]2CCCO2)CC1. The molecule has 0 unspecified atom stereocenters. The van der Waals surface area contributed by atoms with Crippen molar-refractivity contribution in [2.24, 2.45) is 0 Å². The number of fused-ring (bicyclic) bond motifs is 1. The highest BCUT2D eigenvalue weighted by atomic mass is 35.5. The number of ether oxygens (including phenoxy) is 1. The Morgan fingerprint density at radius 1 is 1.08 bits per heavy atom. The predicted molar refractivity (Wildman–Crippen MR) is 153 cm³/mol. The number of nitrogens with zero attached hydrogens (tertiary/aromatic N) is 6. The van der Waals surface area contributed by atoms with Crippen molar-refractivity contribution in [2.45, 2.75) is 52.3 Å². The fourth-order valence-corrected chi connectivity index (χ4v) is 6.07. The molecule has 1 N–H and O–H groups in total. The van der Waals surface area contributed by atoms with Gasteiger partial charge in [0.15, 0.2) is 5.82 Å². The van der Waals surface area contributed by atoms with Crippen molar-refractivity contribution in [3.05, 3.63) is 79.9 Å². The van der Waals surface area contributed by atoms with Gasteiger partial charge in [0.05, 0.1) is 18.2 Å². The summed E-state index contributed by atoms with van der Waals surface area (Å²) in [6, 6.07) is 11.8. The second-order valence-corrected chi connectivity index (χ2v) is 11.2. The third-order valence-corrected chi connectivity index (χ3v) is 8.51. The Bertz CT molecular complexity index is 1550. The van der Waals surface area contributed by atoms with E-state index in [-0.39, 0.29) is 11.7 Å². The second kappa shape index (κ2) is 10.7. The molecule has 2 saturated heterocycles. The molecule has 204 valence electrons. The minimum atomic E-state index is -0.390. The summed E-state index contributed by atoms with van der Waals surface area (Å²) in [7, 11) is 0. The maximum absolute atomic E-state index is 13.7. The van der Waals surface area contributed by atoms with E-state index in [0.29, 0.717) is 17.9 Å². The number of aromatic amines is 1. The number of pyridine rings is 1. The molecule has 0 amide bonds. The third kappa shape index (κ3) is 5.06. The monoisotopic (exact) mass is 547 g/mol. The number of anilines is 1. The first-order valence-electron chi connectivity index (χ1n) is 13.6. The van der Waals surface area contributed by atoms with Crippen LogP contribution in [0.5, 0.6) is 0 Å². The van der Waals surface area contributed by atoms with Crippen LogP contribution in [-0.2, 0) is 11.3 Å². The molecule has 0 radical (unpaired) electrons. The van der Waals surface area contributed by atoms with Gasteiger partial charge in [-0.05, 0) is 84.3 Å². The van der Waals surface area contributed by atoms with Gasteiger partial charge in [-0.1, -0.05) is 29.8 Å². The number of rotatable bonds is 6. The molecule has 2 fully saturated rings. The van der Waals surface area contributed by atoms with E-state index in [1.54, 1.807) is 0 Å². The summed E-state index contributed by atoms with van der Waals surface area (Å²) < 4.78 is 7.72. The van der Waals surface area contributed by atoms with E-state index in [1.165, 1.54) is 5.56 Å². The number of H-pyrrole nitrogens is 1. The lowest BCUT2D eigenvalue weighted by atomic mass is 9.99. The molecular formula is C29H34ClN7O2. The van der Waals surface area contributed by atoms with Crippen LogP contribution in [0.1, 0.15) is 47.0 Å². The van der Waals surface area contributed by atoms with Gasteiger partial charge >= 0.3 is 0 Å². The Morgan fingerprint density at radius 3 is 2.64 bits per heavy atom. The minimum absolute atomic E-state index is 0.0797. The van der Waals surface area contributed by atoms with E-state index in [9.17, 15) is 4.79 Å². The Morgan fingerprint density at radius 2 is 1.87 bits per heavy atom. The highest BCUT2D eigenvalue weighted by molar-refractivity contribution is 6.30. The number of halogens is 1. The molecule has 10 heteroatoms. The molecule has 0 saturated carbocycles. The van der Waals surface area contributed by atoms with Crippen molar-refractivity contribution in [2.75, 3.05) is 37.7 Å². The summed E-state index contributed by atoms with van der Waals surface area (Å²) in [6.07, 6.45) is 2.10. The topological polar surface area (TPSA) is 92.2 Å². The number of aryl methyl sites for hydroxylation is 3. The molecule has 0 bridgehead atoms. The fraction of sp³-hybridized carbons (Fsp3) is 0.448. The Labute approximate surface area is 232 Å². The molecule has 0 aliphatic carbocycles. The van der Waals surface area contributed by atoms with E-state index in [0.717, 1.165) is 78.4 Å². The van der Waals surface area contributed by atoms with Crippen LogP contribution in [-0.4, -0.2) is 69.0 Å². The highest BCUT2D eigenvalue weighted by Gasteiger charge is 2.34. The molecule has 9 nitrogen and oxygen atoms in total. The van der Waals surface area contributed by atoms with Crippen molar-refractivity contribution in [1.29, 1.82) is 0 Å². The molecule has 2 atom stereocenters. The summed E-state index contributed by atoms with van der Waals surface area (Å²) in [5.41, 5.74) is 6.00. The van der Waals surface area contributed by atoms with Crippen LogP contribution < -0.4 is 10.5 Å². The zero-order valence-electron chi connectivity index (χ0n) is 22.7. The van der Waals surface area contributed by atoms with Crippen LogP contribution in [0.3, 0.4) is 0 Å². The number of hydrogen-bond acceptors (Lipinski definition) is 7. The minimum Gasteiger partial charge on any atom is -0.376 e. The lowest BCUT2D eigenvalue weighted by Crippen LogP contribution is -2.49.